The van der Waals surface area contributed by atoms with Crippen LogP contribution in [-0.2, 0) is 11.2 Å². The van der Waals surface area contributed by atoms with E-state index in [9.17, 15) is 4.79 Å². The molecule has 0 radical (unpaired) electrons. The van der Waals surface area contributed by atoms with E-state index in [1.807, 2.05) is 24.3 Å². The van der Waals surface area contributed by atoms with Crippen LogP contribution in [0.2, 0.25) is 5.02 Å². The van der Waals surface area contributed by atoms with E-state index in [0.29, 0.717) is 5.02 Å². The fraction of sp³-hybridized carbons (Fsp3) is 0.133. The van der Waals surface area contributed by atoms with Gasteiger partial charge in [-0.05, 0) is 35.9 Å². The van der Waals surface area contributed by atoms with Gasteiger partial charge in [-0.25, -0.2) is 0 Å². The Morgan fingerprint density at radius 3 is 2.63 bits per heavy atom. The van der Waals surface area contributed by atoms with Gasteiger partial charge in [-0.2, -0.15) is 0 Å². The SMILES string of the molecule is O=C(Nc1ccc(Cl)cc1)[C@@H]1Cc2ccccc2N1. The van der Waals surface area contributed by atoms with E-state index in [1.165, 1.54) is 5.56 Å². The van der Waals surface area contributed by atoms with Crippen LogP contribution in [0.4, 0.5) is 11.4 Å². The Hall–Kier alpha value is -2.00. The van der Waals surface area contributed by atoms with Gasteiger partial charge in [0.1, 0.15) is 6.04 Å². The lowest BCUT2D eigenvalue weighted by atomic mass is 10.1. The molecule has 19 heavy (non-hydrogen) atoms. The minimum Gasteiger partial charge on any atom is -0.373 e. The normalized spacial score (nSPS) is 16.6. The third kappa shape index (κ3) is 2.56. The molecule has 0 saturated carbocycles. The van der Waals surface area contributed by atoms with E-state index in [4.69, 9.17) is 11.6 Å². The summed E-state index contributed by atoms with van der Waals surface area (Å²) in [5.74, 6) is -0.0291. The number of amides is 1. The van der Waals surface area contributed by atoms with Crippen LogP contribution in [0, 0.1) is 0 Å². The number of hydrogen-bond acceptors (Lipinski definition) is 2. The van der Waals surface area contributed by atoms with Crippen molar-refractivity contribution in [1.29, 1.82) is 0 Å². The second-order valence-electron chi connectivity index (χ2n) is 4.55. The molecule has 1 aliphatic heterocycles. The number of rotatable bonds is 2. The summed E-state index contributed by atoms with van der Waals surface area (Å²) in [6.07, 6.45) is 0.718. The number of hydrogen-bond donors (Lipinski definition) is 2. The van der Waals surface area contributed by atoms with Gasteiger partial charge in [0.05, 0.1) is 0 Å². The Morgan fingerprint density at radius 2 is 1.89 bits per heavy atom. The molecule has 0 aromatic heterocycles. The predicted octanol–water partition coefficient (Wildman–Crippen LogP) is 3.32. The molecule has 3 nitrogen and oxygen atoms in total. The van der Waals surface area contributed by atoms with Crippen molar-refractivity contribution in [3.05, 3.63) is 59.1 Å². The molecule has 3 rings (SSSR count). The van der Waals surface area contributed by atoms with Crippen LogP contribution < -0.4 is 10.6 Å². The largest absolute Gasteiger partial charge is 0.373 e. The maximum Gasteiger partial charge on any atom is 0.247 e. The molecule has 0 bridgehead atoms. The van der Waals surface area contributed by atoms with E-state index in [0.717, 1.165) is 17.8 Å². The van der Waals surface area contributed by atoms with Crippen molar-refractivity contribution in [3.63, 3.8) is 0 Å². The first-order chi connectivity index (χ1) is 9.22. The number of anilines is 2. The molecule has 2 N–H and O–H groups in total. The number of para-hydroxylation sites is 1. The highest BCUT2D eigenvalue weighted by Gasteiger charge is 2.26. The Bertz CT molecular complexity index is 585. The Morgan fingerprint density at radius 1 is 1.16 bits per heavy atom. The maximum atomic E-state index is 12.2. The monoisotopic (exact) mass is 272 g/mol. The van der Waals surface area contributed by atoms with Gasteiger partial charge in [-0.15, -0.1) is 0 Å². The number of fused-ring (bicyclic) bond motifs is 1. The van der Waals surface area contributed by atoms with Crippen molar-refractivity contribution in [2.45, 2.75) is 12.5 Å². The molecule has 0 aliphatic carbocycles. The van der Waals surface area contributed by atoms with Crippen molar-refractivity contribution in [2.75, 3.05) is 10.6 Å². The Kier molecular flexibility index (Phi) is 3.13. The van der Waals surface area contributed by atoms with E-state index >= 15 is 0 Å². The van der Waals surface area contributed by atoms with Gasteiger partial charge in [0.2, 0.25) is 5.91 Å². The minimum absolute atomic E-state index is 0.0291. The fourth-order valence-electron chi connectivity index (χ4n) is 2.22. The average Bonchev–Trinajstić information content (AvgIpc) is 2.85. The summed E-state index contributed by atoms with van der Waals surface area (Å²) < 4.78 is 0. The van der Waals surface area contributed by atoms with E-state index in [2.05, 4.69) is 10.6 Å². The van der Waals surface area contributed by atoms with Crippen molar-refractivity contribution in [2.24, 2.45) is 0 Å². The average molecular weight is 273 g/mol. The summed E-state index contributed by atoms with van der Waals surface area (Å²) in [7, 11) is 0. The van der Waals surface area contributed by atoms with Gasteiger partial charge in [-0.3, -0.25) is 4.79 Å². The molecule has 96 valence electrons. The van der Waals surface area contributed by atoms with Gasteiger partial charge in [0.25, 0.3) is 0 Å². The number of carbonyl (C=O) groups excluding carboxylic acids is 1. The summed E-state index contributed by atoms with van der Waals surface area (Å²) in [4.78, 5) is 12.2. The topological polar surface area (TPSA) is 41.1 Å². The maximum absolute atomic E-state index is 12.2. The molecule has 0 spiro atoms. The fourth-order valence-corrected chi connectivity index (χ4v) is 2.34. The van der Waals surface area contributed by atoms with Gasteiger partial charge >= 0.3 is 0 Å². The number of carbonyl (C=O) groups is 1. The summed E-state index contributed by atoms with van der Waals surface area (Å²) in [5.41, 5.74) is 2.98. The molecule has 0 unspecified atom stereocenters. The van der Waals surface area contributed by atoms with Gasteiger partial charge in [-0.1, -0.05) is 29.8 Å². The lowest BCUT2D eigenvalue weighted by molar-refractivity contribution is -0.116. The van der Waals surface area contributed by atoms with Gasteiger partial charge in [0.15, 0.2) is 0 Å². The molecule has 0 saturated heterocycles. The van der Waals surface area contributed by atoms with Crippen LogP contribution in [0.5, 0.6) is 0 Å². The van der Waals surface area contributed by atoms with Crippen LogP contribution >= 0.6 is 11.6 Å². The van der Waals surface area contributed by atoms with Crippen molar-refractivity contribution in [3.8, 4) is 0 Å². The smallest absolute Gasteiger partial charge is 0.247 e. The van der Waals surface area contributed by atoms with Crippen LogP contribution in [0.25, 0.3) is 0 Å². The van der Waals surface area contributed by atoms with E-state index in [1.54, 1.807) is 24.3 Å². The van der Waals surface area contributed by atoms with Crippen LogP contribution in [-0.4, -0.2) is 11.9 Å². The zero-order valence-electron chi connectivity index (χ0n) is 10.2. The van der Waals surface area contributed by atoms with Crippen molar-refractivity contribution >= 4 is 28.9 Å². The summed E-state index contributed by atoms with van der Waals surface area (Å²) in [5, 5.41) is 6.77. The predicted molar refractivity (Wildman–Crippen MR) is 77.6 cm³/mol. The standard InChI is InChI=1S/C15H13ClN2O/c16-11-5-7-12(8-6-11)17-15(19)14-9-10-3-1-2-4-13(10)18-14/h1-8,14,18H,9H2,(H,17,19)/t14-/m0/s1. The number of benzene rings is 2. The van der Waals surface area contributed by atoms with E-state index in [-0.39, 0.29) is 11.9 Å². The minimum atomic E-state index is -0.215. The lowest BCUT2D eigenvalue weighted by Gasteiger charge is -2.12. The summed E-state index contributed by atoms with van der Waals surface area (Å²) in [6, 6.07) is 14.9. The number of nitrogens with one attached hydrogen (secondary N) is 2. The van der Waals surface area contributed by atoms with Gasteiger partial charge in [0, 0.05) is 22.8 Å². The molecule has 2 aromatic carbocycles. The highest BCUT2D eigenvalue weighted by atomic mass is 35.5. The third-order valence-corrected chi connectivity index (χ3v) is 3.45. The highest BCUT2D eigenvalue weighted by Crippen LogP contribution is 2.25. The zero-order valence-corrected chi connectivity index (χ0v) is 10.9. The van der Waals surface area contributed by atoms with Crippen LogP contribution in [0.15, 0.2) is 48.5 Å². The molecular weight excluding hydrogens is 260 g/mol. The van der Waals surface area contributed by atoms with Crippen LogP contribution in [0.1, 0.15) is 5.56 Å². The first kappa shape index (κ1) is 12.1. The van der Waals surface area contributed by atoms with Gasteiger partial charge < -0.3 is 10.6 Å². The third-order valence-electron chi connectivity index (χ3n) is 3.20. The van der Waals surface area contributed by atoms with E-state index < -0.39 is 0 Å². The van der Waals surface area contributed by atoms with Crippen molar-refractivity contribution in [1.82, 2.24) is 0 Å². The first-order valence-electron chi connectivity index (χ1n) is 6.13. The molecule has 1 atom stereocenters. The Labute approximate surface area is 116 Å². The Balaban J connectivity index is 1.68. The second-order valence-corrected chi connectivity index (χ2v) is 4.99. The summed E-state index contributed by atoms with van der Waals surface area (Å²) in [6.45, 7) is 0. The first-order valence-corrected chi connectivity index (χ1v) is 6.51. The number of halogens is 1. The molecule has 1 aliphatic rings. The molecule has 4 heteroatoms. The quantitative estimate of drug-likeness (QED) is 0.881. The van der Waals surface area contributed by atoms with Crippen LogP contribution in [0.3, 0.4) is 0 Å². The lowest BCUT2D eigenvalue weighted by Crippen LogP contribution is -2.32. The second kappa shape index (κ2) is 4.94. The molecule has 1 amide bonds. The van der Waals surface area contributed by atoms with Crippen molar-refractivity contribution < 1.29 is 4.79 Å². The highest BCUT2D eigenvalue weighted by molar-refractivity contribution is 6.30. The molecule has 0 fully saturated rings. The zero-order chi connectivity index (χ0) is 13.2. The molecule has 1 heterocycles. The molecule has 2 aromatic rings. The molecular formula is C15H13ClN2O. The summed E-state index contributed by atoms with van der Waals surface area (Å²) >= 11 is 5.81.